The minimum absolute atomic E-state index is 0.147. The molecule has 0 amide bonds. The van der Waals surface area contributed by atoms with E-state index in [2.05, 4.69) is 6.58 Å². The van der Waals surface area contributed by atoms with Crippen LogP contribution in [0.3, 0.4) is 0 Å². The third-order valence-electron chi connectivity index (χ3n) is 3.11. The lowest BCUT2D eigenvalue weighted by Gasteiger charge is -2.32. The van der Waals surface area contributed by atoms with Gasteiger partial charge in [-0.3, -0.25) is 0 Å². The summed E-state index contributed by atoms with van der Waals surface area (Å²) in [5.41, 5.74) is 1.61. The smallest absolute Gasteiger partial charge is 0.256 e. The van der Waals surface area contributed by atoms with Crippen molar-refractivity contribution in [3.8, 4) is 5.75 Å². The van der Waals surface area contributed by atoms with Crippen LogP contribution < -0.4 is 0 Å². The number of allylic oxidation sites excluding steroid dienone is 3. The molecule has 0 bridgehead atoms. The summed E-state index contributed by atoms with van der Waals surface area (Å²) in [4.78, 5) is 1.29. The van der Waals surface area contributed by atoms with Crippen LogP contribution in [-0.2, 0) is 0 Å². The largest absolute Gasteiger partial charge is 0.508 e. The van der Waals surface area contributed by atoms with Crippen molar-refractivity contribution in [1.82, 2.24) is 4.90 Å². The monoisotopic (exact) mass is 281 g/mol. The first-order valence-corrected chi connectivity index (χ1v) is 6.02. The number of rotatable bonds is 3. The van der Waals surface area contributed by atoms with Gasteiger partial charge in [-0.25, -0.2) is 13.2 Å². The summed E-state index contributed by atoms with van der Waals surface area (Å²) in [6.45, 7) is 4.96. The van der Waals surface area contributed by atoms with Crippen LogP contribution >= 0.6 is 0 Å². The van der Waals surface area contributed by atoms with Crippen molar-refractivity contribution in [2.45, 2.75) is 13.3 Å². The van der Waals surface area contributed by atoms with Crippen molar-refractivity contribution in [2.24, 2.45) is 0 Å². The average Bonchev–Trinajstić information content (AvgIpc) is 2.36. The number of phenolic OH excluding ortho intramolecular Hbond substituents is 1. The molecule has 0 fully saturated rings. The summed E-state index contributed by atoms with van der Waals surface area (Å²) in [7, 11) is 0. The molecule has 1 heterocycles. The summed E-state index contributed by atoms with van der Waals surface area (Å²) in [5, 5.41) is 9.22. The van der Waals surface area contributed by atoms with Crippen LogP contribution in [0.2, 0.25) is 0 Å². The fourth-order valence-electron chi connectivity index (χ4n) is 2.04. The Kier molecular flexibility index (Phi) is 3.88. The second-order valence-electron chi connectivity index (χ2n) is 4.51. The lowest BCUT2D eigenvalue weighted by Crippen LogP contribution is -2.29. The summed E-state index contributed by atoms with van der Waals surface area (Å²) >= 11 is 0. The van der Waals surface area contributed by atoms with Crippen molar-refractivity contribution in [3.05, 3.63) is 59.6 Å². The number of nitrogens with zero attached hydrogens (tertiary/aromatic N) is 1. The maximum atomic E-state index is 13.9. The first-order valence-electron chi connectivity index (χ1n) is 6.02. The molecule has 0 unspecified atom stereocenters. The van der Waals surface area contributed by atoms with E-state index in [9.17, 15) is 18.3 Å². The Labute approximate surface area is 115 Å². The summed E-state index contributed by atoms with van der Waals surface area (Å²) in [6.07, 6.45) is 0.703. The lowest BCUT2D eigenvalue weighted by molar-refractivity contribution is 0.123. The van der Waals surface area contributed by atoms with Gasteiger partial charge in [-0.05, 0) is 30.7 Å². The number of hydrogen-bond acceptors (Lipinski definition) is 2. The fourth-order valence-corrected chi connectivity index (χ4v) is 2.04. The van der Waals surface area contributed by atoms with Gasteiger partial charge in [0.15, 0.2) is 0 Å². The molecule has 20 heavy (non-hydrogen) atoms. The molecule has 0 spiro atoms. The van der Waals surface area contributed by atoms with E-state index in [0.29, 0.717) is 11.4 Å². The van der Waals surface area contributed by atoms with Crippen molar-refractivity contribution in [3.63, 3.8) is 0 Å². The zero-order chi connectivity index (χ0) is 14.9. The third-order valence-corrected chi connectivity index (χ3v) is 3.11. The second kappa shape index (κ2) is 5.45. The maximum Gasteiger partial charge on any atom is 0.256 e. The molecule has 1 N–H and O–H groups in total. The quantitative estimate of drug-likeness (QED) is 0.908. The van der Waals surface area contributed by atoms with Crippen LogP contribution in [0.5, 0.6) is 5.75 Å². The lowest BCUT2D eigenvalue weighted by atomic mass is 10.0. The van der Waals surface area contributed by atoms with E-state index in [1.165, 1.54) is 17.0 Å². The molecular formula is C15H14F3NO. The molecule has 0 aliphatic carbocycles. The van der Waals surface area contributed by atoms with Crippen molar-refractivity contribution in [2.75, 3.05) is 6.54 Å². The number of hydrogen-bond donors (Lipinski definition) is 1. The average molecular weight is 281 g/mol. The first kappa shape index (κ1) is 14.2. The number of aromatic hydroxyl groups is 1. The van der Waals surface area contributed by atoms with E-state index in [1.54, 1.807) is 19.1 Å². The van der Waals surface area contributed by atoms with E-state index < -0.39 is 18.8 Å². The van der Waals surface area contributed by atoms with E-state index in [0.717, 1.165) is 11.6 Å². The molecule has 0 saturated heterocycles. The van der Waals surface area contributed by atoms with Gasteiger partial charge in [-0.15, -0.1) is 0 Å². The molecule has 0 saturated carbocycles. The molecule has 0 aromatic heterocycles. The zero-order valence-corrected chi connectivity index (χ0v) is 10.9. The van der Waals surface area contributed by atoms with Gasteiger partial charge in [0, 0.05) is 17.3 Å². The van der Waals surface area contributed by atoms with Crippen LogP contribution in [0.25, 0.3) is 5.70 Å². The molecule has 1 aliphatic rings. The Balaban J connectivity index is 2.48. The van der Waals surface area contributed by atoms with Crippen LogP contribution in [0.15, 0.2) is 48.2 Å². The Morgan fingerprint density at radius 2 is 2.00 bits per heavy atom. The molecule has 1 aliphatic heterocycles. The predicted molar refractivity (Wildman–Crippen MR) is 71.6 cm³/mol. The second-order valence-corrected chi connectivity index (χ2v) is 4.51. The molecule has 2 nitrogen and oxygen atoms in total. The summed E-state index contributed by atoms with van der Waals surface area (Å²) in [5.74, 6) is -0.884. The summed E-state index contributed by atoms with van der Waals surface area (Å²) < 4.78 is 39.3. The van der Waals surface area contributed by atoms with E-state index >= 15 is 0 Å². The van der Waals surface area contributed by atoms with E-state index in [1.807, 2.05) is 0 Å². The standard InChI is InChI=1S/C15H14F3NO/c1-9-3-6-14(19(10(9)2)8-15(17)18)12-5-4-11(20)7-13(12)16/h3-7,15,20H,2,8H2,1H3. The molecule has 2 rings (SSSR count). The van der Waals surface area contributed by atoms with Crippen molar-refractivity contribution < 1.29 is 18.3 Å². The van der Waals surface area contributed by atoms with Gasteiger partial charge in [0.2, 0.25) is 0 Å². The molecular weight excluding hydrogens is 267 g/mol. The molecule has 106 valence electrons. The Morgan fingerprint density at radius 1 is 1.30 bits per heavy atom. The van der Waals surface area contributed by atoms with Crippen molar-refractivity contribution >= 4 is 5.70 Å². The maximum absolute atomic E-state index is 13.9. The molecule has 1 aromatic rings. The topological polar surface area (TPSA) is 23.5 Å². The van der Waals surface area contributed by atoms with Crippen LogP contribution in [-0.4, -0.2) is 23.0 Å². The van der Waals surface area contributed by atoms with Crippen molar-refractivity contribution in [1.29, 1.82) is 0 Å². The number of halogens is 3. The van der Waals surface area contributed by atoms with Gasteiger partial charge in [-0.2, -0.15) is 0 Å². The van der Waals surface area contributed by atoms with Gasteiger partial charge < -0.3 is 10.0 Å². The highest BCUT2D eigenvalue weighted by Gasteiger charge is 2.24. The zero-order valence-electron chi connectivity index (χ0n) is 10.9. The molecule has 0 atom stereocenters. The Morgan fingerprint density at radius 3 is 2.60 bits per heavy atom. The SMILES string of the molecule is C=C1C(C)=CC=C(c2ccc(O)cc2F)N1CC(F)F. The van der Waals surface area contributed by atoms with Crippen LogP contribution in [0.1, 0.15) is 12.5 Å². The van der Waals surface area contributed by atoms with Gasteiger partial charge >= 0.3 is 0 Å². The Hall–Kier alpha value is -2.17. The van der Waals surface area contributed by atoms with Gasteiger partial charge in [-0.1, -0.05) is 12.7 Å². The molecule has 1 aromatic carbocycles. The highest BCUT2D eigenvalue weighted by molar-refractivity contribution is 5.71. The predicted octanol–water partition coefficient (Wildman–Crippen LogP) is 3.91. The summed E-state index contributed by atoms with van der Waals surface area (Å²) in [6, 6.07) is 3.62. The highest BCUT2D eigenvalue weighted by Crippen LogP contribution is 2.33. The van der Waals surface area contributed by atoms with Crippen LogP contribution in [0.4, 0.5) is 13.2 Å². The minimum atomic E-state index is -2.57. The van der Waals surface area contributed by atoms with Gasteiger partial charge in [0.05, 0.1) is 12.2 Å². The number of phenols is 1. The van der Waals surface area contributed by atoms with Gasteiger partial charge in [0.25, 0.3) is 6.43 Å². The normalized spacial score (nSPS) is 15.4. The minimum Gasteiger partial charge on any atom is -0.508 e. The molecule has 0 radical (unpaired) electrons. The van der Waals surface area contributed by atoms with E-state index in [-0.39, 0.29) is 11.3 Å². The first-order chi connectivity index (χ1) is 9.40. The Bertz CT molecular complexity index is 605. The highest BCUT2D eigenvalue weighted by atomic mass is 19.3. The van der Waals surface area contributed by atoms with Gasteiger partial charge in [0.1, 0.15) is 11.6 Å². The number of benzene rings is 1. The molecule has 5 heteroatoms. The number of alkyl halides is 2. The van der Waals surface area contributed by atoms with E-state index in [4.69, 9.17) is 0 Å². The third kappa shape index (κ3) is 2.71. The van der Waals surface area contributed by atoms with Crippen LogP contribution in [0, 0.1) is 5.82 Å². The fraction of sp³-hybridized carbons (Fsp3) is 0.200.